The molecule has 0 unspecified atom stereocenters. The van der Waals surface area contributed by atoms with Crippen LogP contribution in [0, 0.1) is 17.5 Å². The number of hydrogen-bond acceptors (Lipinski definition) is 4. The molecule has 7 heteroatoms. The third kappa shape index (κ3) is 3.29. The van der Waals surface area contributed by atoms with E-state index in [0.29, 0.717) is 17.8 Å². The number of anilines is 3. The van der Waals surface area contributed by atoms with Gasteiger partial charge in [0.25, 0.3) is 0 Å². The van der Waals surface area contributed by atoms with Crippen molar-refractivity contribution in [3.05, 3.63) is 66.0 Å². The first-order valence-corrected chi connectivity index (χ1v) is 7.10. The number of halogens is 3. The van der Waals surface area contributed by atoms with Gasteiger partial charge in [0.05, 0.1) is 5.69 Å². The molecule has 3 aromatic rings. The Bertz CT molecular complexity index is 846. The number of hydrogen-bond donors (Lipinski definition) is 2. The van der Waals surface area contributed by atoms with Gasteiger partial charge in [-0.25, -0.2) is 18.2 Å². The van der Waals surface area contributed by atoms with Crippen LogP contribution < -0.4 is 10.6 Å². The topological polar surface area (TPSA) is 49.8 Å². The average Bonchev–Trinajstić information content (AvgIpc) is 2.58. The number of rotatable bonds is 4. The van der Waals surface area contributed by atoms with Crippen LogP contribution in [-0.4, -0.2) is 17.0 Å². The molecule has 0 saturated carbocycles. The molecule has 1 heterocycles. The van der Waals surface area contributed by atoms with Gasteiger partial charge >= 0.3 is 0 Å². The van der Waals surface area contributed by atoms with E-state index in [4.69, 9.17) is 0 Å². The molecule has 0 fully saturated rings. The molecule has 0 bridgehead atoms. The van der Waals surface area contributed by atoms with Crippen LogP contribution in [0.1, 0.15) is 0 Å². The predicted molar refractivity (Wildman–Crippen MR) is 86.6 cm³/mol. The van der Waals surface area contributed by atoms with Crippen molar-refractivity contribution in [2.75, 3.05) is 17.7 Å². The van der Waals surface area contributed by atoms with Crippen molar-refractivity contribution >= 4 is 17.5 Å². The summed E-state index contributed by atoms with van der Waals surface area (Å²) in [4.78, 5) is 8.43. The van der Waals surface area contributed by atoms with Crippen molar-refractivity contribution in [2.45, 2.75) is 0 Å². The molecule has 0 amide bonds. The number of benzene rings is 2. The first-order valence-electron chi connectivity index (χ1n) is 7.10. The normalized spacial score (nSPS) is 10.5. The van der Waals surface area contributed by atoms with Crippen molar-refractivity contribution in [3.8, 4) is 11.3 Å². The van der Waals surface area contributed by atoms with Gasteiger partial charge in [-0.1, -0.05) is 30.3 Å². The van der Waals surface area contributed by atoms with E-state index in [0.717, 1.165) is 5.56 Å². The van der Waals surface area contributed by atoms with E-state index in [2.05, 4.69) is 20.6 Å². The molecule has 0 spiro atoms. The maximum atomic E-state index is 13.8. The van der Waals surface area contributed by atoms with Crippen molar-refractivity contribution in [1.29, 1.82) is 0 Å². The highest BCUT2D eigenvalue weighted by molar-refractivity contribution is 5.67. The molecule has 2 N–H and O–H groups in total. The van der Waals surface area contributed by atoms with Gasteiger partial charge in [0.2, 0.25) is 5.95 Å². The van der Waals surface area contributed by atoms with E-state index < -0.39 is 23.1 Å². The Labute approximate surface area is 136 Å². The fourth-order valence-electron chi connectivity index (χ4n) is 2.17. The molecule has 3 rings (SSSR count). The Balaban J connectivity index is 2.03. The molecule has 0 saturated heterocycles. The minimum Gasteiger partial charge on any atom is -0.357 e. The molecule has 0 aliphatic rings. The summed E-state index contributed by atoms with van der Waals surface area (Å²) in [7, 11) is 1.63. The van der Waals surface area contributed by atoms with Crippen LogP contribution in [0.5, 0.6) is 0 Å². The minimum absolute atomic E-state index is 0.178. The Morgan fingerprint density at radius 3 is 2.17 bits per heavy atom. The maximum Gasteiger partial charge on any atom is 0.224 e. The van der Waals surface area contributed by atoms with Gasteiger partial charge in [-0.2, -0.15) is 4.98 Å². The predicted octanol–water partition coefficient (Wildman–Crippen LogP) is 4.35. The fourth-order valence-corrected chi connectivity index (χ4v) is 2.17. The molecule has 1 aromatic heterocycles. The molecule has 4 nitrogen and oxygen atoms in total. The Morgan fingerprint density at radius 1 is 0.875 bits per heavy atom. The largest absolute Gasteiger partial charge is 0.357 e. The zero-order valence-corrected chi connectivity index (χ0v) is 12.6. The van der Waals surface area contributed by atoms with Gasteiger partial charge < -0.3 is 10.6 Å². The van der Waals surface area contributed by atoms with E-state index in [-0.39, 0.29) is 11.8 Å². The van der Waals surface area contributed by atoms with Crippen molar-refractivity contribution in [1.82, 2.24) is 9.97 Å². The number of nitrogens with zero attached hydrogens (tertiary/aromatic N) is 2. The highest BCUT2D eigenvalue weighted by Crippen LogP contribution is 2.26. The van der Waals surface area contributed by atoms with E-state index >= 15 is 0 Å². The molecule has 0 atom stereocenters. The van der Waals surface area contributed by atoms with E-state index in [1.54, 1.807) is 13.1 Å². The van der Waals surface area contributed by atoms with E-state index in [1.807, 2.05) is 30.3 Å². The standard InChI is InChI=1S/C17H13F3N4/c1-21-17-22-14(10-5-3-2-4-6-10)9-15(24-17)23-16-12(19)7-11(18)8-13(16)20/h2-9H,1H3,(H2,21,22,23,24). The number of nitrogens with one attached hydrogen (secondary N) is 2. The van der Waals surface area contributed by atoms with E-state index in [9.17, 15) is 13.2 Å². The van der Waals surface area contributed by atoms with Crippen LogP contribution in [0.25, 0.3) is 11.3 Å². The number of aromatic nitrogens is 2. The zero-order valence-electron chi connectivity index (χ0n) is 12.6. The molecule has 0 aliphatic carbocycles. The fraction of sp³-hybridized carbons (Fsp3) is 0.0588. The minimum atomic E-state index is -1.04. The maximum absolute atomic E-state index is 13.8. The second-order valence-corrected chi connectivity index (χ2v) is 4.95. The van der Waals surface area contributed by atoms with Crippen molar-refractivity contribution in [3.63, 3.8) is 0 Å². The second-order valence-electron chi connectivity index (χ2n) is 4.95. The summed E-state index contributed by atoms with van der Waals surface area (Å²) in [6, 6.07) is 12.0. The Hall–Kier alpha value is -3.09. The lowest BCUT2D eigenvalue weighted by molar-refractivity contribution is 0.549. The first-order chi connectivity index (χ1) is 11.6. The monoisotopic (exact) mass is 330 g/mol. The van der Waals surface area contributed by atoms with Gasteiger partial charge in [0.15, 0.2) is 11.6 Å². The average molecular weight is 330 g/mol. The summed E-state index contributed by atoms with van der Waals surface area (Å²) in [5, 5.41) is 5.34. The highest BCUT2D eigenvalue weighted by atomic mass is 19.1. The molecule has 2 aromatic carbocycles. The molecule has 0 radical (unpaired) electrons. The summed E-state index contributed by atoms with van der Waals surface area (Å²) in [6.07, 6.45) is 0. The smallest absolute Gasteiger partial charge is 0.224 e. The van der Waals surface area contributed by atoms with Crippen LogP contribution in [0.2, 0.25) is 0 Å². The van der Waals surface area contributed by atoms with Gasteiger partial charge in [-0.05, 0) is 0 Å². The van der Waals surface area contributed by atoms with Gasteiger partial charge in [0, 0.05) is 30.8 Å². The van der Waals surface area contributed by atoms with Gasteiger partial charge in [0.1, 0.15) is 17.3 Å². The van der Waals surface area contributed by atoms with Crippen LogP contribution in [-0.2, 0) is 0 Å². The summed E-state index contributed by atoms with van der Waals surface area (Å²) >= 11 is 0. The third-order valence-corrected chi connectivity index (χ3v) is 3.28. The Morgan fingerprint density at radius 2 is 1.54 bits per heavy atom. The quantitative estimate of drug-likeness (QED) is 0.747. The SMILES string of the molecule is CNc1nc(Nc2c(F)cc(F)cc2F)cc(-c2ccccc2)n1. The summed E-state index contributed by atoms with van der Waals surface area (Å²) < 4.78 is 40.6. The lowest BCUT2D eigenvalue weighted by atomic mass is 10.1. The van der Waals surface area contributed by atoms with Crippen LogP contribution >= 0.6 is 0 Å². The van der Waals surface area contributed by atoms with Crippen LogP contribution in [0.15, 0.2) is 48.5 Å². The lowest BCUT2D eigenvalue weighted by Gasteiger charge is -2.11. The van der Waals surface area contributed by atoms with Crippen LogP contribution in [0.4, 0.5) is 30.6 Å². The molecule has 24 heavy (non-hydrogen) atoms. The van der Waals surface area contributed by atoms with E-state index in [1.165, 1.54) is 0 Å². The Kier molecular flexibility index (Phi) is 4.33. The summed E-state index contributed by atoms with van der Waals surface area (Å²) in [6.45, 7) is 0. The van der Waals surface area contributed by atoms with Crippen LogP contribution in [0.3, 0.4) is 0 Å². The van der Waals surface area contributed by atoms with Gasteiger partial charge in [-0.3, -0.25) is 0 Å². The lowest BCUT2D eigenvalue weighted by Crippen LogP contribution is -2.04. The molecule has 0 aliphatic heterocycles. The molecular formula is C17H13F3N4. The van der Waals surface area contributed by atoms with Crippen molar-refractivity contribution < 1.29 is 13.2 Å². The summed E-state index contributed by atoms with van der Waals surface area (Å²) in [5.74, 6) is -2.62. The summed E-state index contributed by atoms with van der Waals surface area (Å²) in [5.41, 5.74) is 0.913. The highest BCUT2D eigenvalue weighted by Gasteiger charge is 2.14. The first kappa shape index (κ1) is 15.8. The zero-order chi connectivity index (χ0) is 17.1. The second kappa shape index (κ2) is 6.57. The van der Waals surface area contributed by atoms with Gasteiger partial charge in [-0.15, -0.1) is 0 Å². The van der Waals surface area contributed by atoms with Crippen molar-refractivity contribution in [2.24, 2.45) is 0 Å². The molecular weight excluding hydrogens is 317 g/mol. The third-order valence-electron chi connectivity index (χ3n) is 3.28. The molecule has 122 valence electrons.